The third-order valence-electron chi connectivity index (χ3n) is 7.17. The van der Waals surface area contributed by atoms with E-state index < -0.39 is 0 Å². The Bertz CT molecular complexity index is 1200. The minimum atomic E-state index is -0.0157. The van der Waals surface area contributed by atoms with Crippen molar-refractivity contribution in [2.45, 2.75) is 64.6 Å². The van der Waals surface area contributed by atoms with Crippen molar-refractivity contribution in [3.63, 3.8) is 0 Å². The second kappa shape index (κ2) is 7.39. The molecule has 164 valence electrons. The summed E-state index contributed by atoms with van der Waals surface area (Å²) in [4.78, 5) is 26.9. The van der Waals surface area contributed by atoms with Crippen LogP contribution in [0, 0.1) is 0 Å². The Hall–Kier alpha value is -3.29. The fourth-order valence-corrected chi connectivity index (χ4v) is 5.36. The van der Waals surface area contributed by atoms with E-state index in [1.165, 1.54) is 12.8 Å². The Kier molecular flexibility index (Phi) is 4.48. The number of anilines is 2. The summed E-state index contributed by atoms with van der Waals surface area (Å²) in [5.41, 5.74) is 2.44. The van der Waals surface area contributed by atoms with E-state index in [0.717, 1.165) is 60.1 Å². The van der Waals surface area contributed by atoms with Crippen molar-refractivity contribution in [3.05, 3.63) is 47.4 Å². The predicted octanol–water partition coefficient (Wildman–Crippen LogP) is 3.78. The zero-order chi connectivity index (χ0) is 21.8. The number of aromatic nitrogens is 5. The topological polar surface area (TPSA) is 80.0 Å². The number of hydrogen-bond acceptors (Lipinski definition) is 6. The van der Waals surface area contributed by atoms with Crippen molar-refractivity contribution in [1.29, 1.82) is 0 Å². The quantitative estimate of drug-likeness (QED) is 0.628. The van der Waals surface area contributed by atoms with Gasteiger partial charge in [0.25, 0.3) is 5.91 Å². The van der Waals surface area contributed by atoms with E-state index in [0.29, 0.717) is 24.4 Å². The Labute approximate surface area is 187 Å². The molecule has 6 rings (SSSR count). The Balaban J connectivity index is 1.31. The van der Waals surface area contributed by atoms with E-state index in [1.54, 1.807) is 4.90 Å². The summed E-state index contributed by atoms with van der Waals surface area (Å²) >= 11 is 0. The van der Waals surface area contributed by atoms with Gasteiger partial charge >= 0.3 is 0 Å². The average Bonchev–Trinajstić information content (AvgIpc) is 3.58. The minimum Gasteiger partial charge on any atom is -0.354 e. The fourth-order valence-electron chi connectivity index (χ4n) is 5.36. The summed E-state index contributed by atoms with van der Waals surface area (Å²) in [5, 5.41) is 8.81. The summed E-state index contributed by atoms with van der Waals surface area (Å²) in [6.45, 7) is 5.90. The second-order valence-corrected chi connectivity index (χ2v) is 9.07. The number of carbonyl (C=O) groups is 1. The van der Waals surface area contributed by atoms with E-state index in [1.807, 2.05) is 30.5 Å². The standard InChI is InChI=1S/C24H27N7O/c1-3-17-9-10-21-27-28-23(31(17)21)19-7-4-8-20(26-19)30-14-16-13-25-22(12-18(16)24(30)32)29-11-5-6-15(29)2/h4,7-8,12-13,15,17H,3,5-6,9-11,14H2,1-2H3/t15-,17+/m1/s1. The molecule has 0 radical (unpaired) electrons. The van der Waals surface area contributed by atoms with Crippen molar-refractivity contribution >= 4 is 17.5 Å². The van der Waals surface area contributed by atoms with Crippen LogP contribution in [0.1, 0.15) is 67.3 Å². The van der Waals surface area contributed by atoms with Crippen LogP contribution in [0.15, 0.2) is 30.5 Å². The van der Waals surface area contributed by atoms with Crippen LogP contribution >= 0.6 is 0 Å². The molecule has 2 atom stereocenters. The third-order valence-corrected chi connectivity index (χ3v) is 7.17. The molecule has 8 heteroatoms. The van der Waals surface area contributed by atoms with Gasteiger partial charge < -0.3 is 9.47 Å². The van der Waals surface area contributed by atoms with Gasteiger partial charge in [0, 0.05) is 36.8 Å². The van der Waals surface area contributed by atoms with Crippen molar-refractivity contribution in [1.82, 2.24) is 24.7 Å². The number of pyridine rings is 2. The molecular weight excluding hydrogens is 402 g/mol. The van der Waals surface area contributed by atoms with E-state index in [4.69, 9.17) is 4.98 Å². The zero-order valence-electron chi connectivity index (χ0n) is 18.5. The lowest BCUT2D eigenvalue weighted by molar-refractivity contribution is 0.0996. The Morgan fingerprint density at radius 3 is 2.88 bits per heavy atom. The molecule has 0 N–H and O–H groups in total. The zero-order valence-corrected chi connectivity index (χ0v) is 18.5. The highest BCUT2D eigenvalue weighted by Crippen LogP contribution is 2.34. The van der Waals surface area contributed by atoms with Gasteiger partial charge in [0.05, 0.1) is 12.1 Å². The molecule has 3 aliphatic heterocycles. The van der Waals surface area contributed by atoms with Gasteiger partial charge in [0.1, 0.15) is 23.2 Å². The molecular formula is C24H27N7O. The fraction of sp³-hybridized carbons (Fsp3) is 0.458. The lowest BCUT2D eigenvalue weighted by atomic mass is 10.1. The van der Waals surface area contributed by atoms with Gasteiger partial charge in [0.15, 0.2) is 5.82 Å². The van der Waals surface area contributed by atoms with Crippen molar-refractivity contribution < 1.29 is 4.79 Å². The van der Waals surface area contributed by atoms with Crippen molar-refractivity contribution in [3.8, 4) is 11.5 Å². The summed E-state index contributed by atoms with van der Waals surface area (Å²) in [6.07, 6.45) is 7.29. The number of aryl methyl sites for hydroxylation is 1. The summed E-state index contributed by atoms with van der Waals surface area (Å²) in [6, 6.07) is 8.62. The predicted molar refractivity (Wildman–Crippen MR) is 122 cm³/mol. The molecule has 32 heavy (non-hydrogen) atoms. The maximum atomic E-state index is 13.3. The molecule has 8 nitrogen and oxygen atoms in total. The van der Waals surface area contributed by atoms with Gasteiger partial charge in [-0.1, -0.05) is 13.0 Å². The first kappa shape index (κ1) is 19.4. The lowest BCUT2D eigenvalue weighted by Crippen LogP contribution is -2.27. The van der Waals surface area contributed by atoms with Crippen LogP contribution in [0.5, 0.6) is 0 Å². The number of rotatable bonds is 4. The number of nitrogens with zero attached hydrogens (tertiary/aromatic N) is 7. The molecule has 0 aliphatic carbocycles. The highest BCUT2D eigenvalue weighted by Gasteiger charge is 2.33. The Morgan fingerprint density at radius 1 is 1.16 bits per heavy atom. The molecule has 3 aromatic rings. The molecule has 3 aliphatic rings. The van der Waals surface area contributed by atoms with E-state index >= 15 is 0 Å². The molecule has 1 saturated heterocycles. The van der Waals surface area contributed by atoms with Crippen LogP contribution in [0.25, 0.3) is 11.5 Å². The number of hydrogen-bond donors (Lipinski definition) is 0. The van der Waals surface area contributed by atoms with Gasteiger partial charge in [-0.25, -0.2) is 9.97 Å². The van der Waals surface area contributed by atoms with Gasteiger partial charge in [-0.15, -0.1) is 10.2 Å². The number of carbonyl (C=O) groups excluding carboxylic acids is 1. The van der Waals surface area contributed by atoms with Crippen LogP contribution in [0.4, 0.5) is 11.6 Å². The van der Waals surface area contributed by atoms with E-state index in [-0.39, 0.29) is 5.91 Å². The van der Waals surface area contributed by atoms with Crippen molar-refractivity contribution in [2.24, 2.45) is 0 Å². The molecule has 1 amide bonds. The van der Waals surface area contributed by atoms with Crippen LogP contribution in [-0.4, -0.2) is 43.2 Å². The molecule has 6 heterocycles. The highest BCUT2D eigenvalue weighted by molar-refractivity contribution is 6.10. The monoisotopic (exact) mass is 429 g/mol. The molecule has 0 bridgehead atoms. The SMILES string of the molecule is CC[C@H]1CCc2nnc(-c3cccc(N4Cc5cnc(N6CCC[C@H]6C)cc5C4=O)n3)n21. The average molecular weight is 430 g/mol. The third kappa shape index (κ3) is 2.92. The van der Waals surface area contributed by atoms with Crippen LogP contribution in [0.2, 0.25) is 0 Å². The van der Waals surface area contributed by atoms with Gasteiger partial charge in [-0.2, -0.15) is 0 Å². The summed E-state index contributed by atoms with van der Waals surface area (Å²) in [7, 11) is 0. The maximum Gasteiger partial charge on any atom is 0.260 e. The molecule has 0 saturated carbocycles. The number of amides is 1. The molecule has 0 spiro atoms. The largest absolute Gasteiger partial charge is 0.354 e. The van der Waals surface area contributed by atoms with Gasteiger partial charge in [-0.05, 0) is 50.8 Å². The molecule has 0 aromatic carbocycles. The van der Waals surface area contributed by atoms with Crippen molar-refractivity contribution in [2.75, 3.05) is 16.3 Å². The van der Waals surface area contributed by atoms with Gasteiger partial charge in [0.2, 0.25) is 0 Å². The first-order chi connectivity index (χ1) is 15.6. The Morgan fingerprint density at radius 2 is 2.06 bits per heavy atom. The van der Waals surface area contributed by atoms with Gasteiger partial charge in [-0.3, -0.25) is 9.69 Å². The van der Waals surface area contributed by atoms with E-state index in [2.05, 4.69) is 38.5 Å². The lowest BCUT2D eigenvalue weighted by Gasteiger charge is -2.22. The highest BCUT2D eigenvalue weighted by atomic mass is 16.2. The molecule has 0 unspecified atom stereocenters. The normalized spacial score (nSPS) is 22.0. The summed E-state index contributed by atoms with van der Waals surface area (Å²) in [5.74, 6) is 3.34. The van der Waals surface area contributed by atoms with Crippen LogP contribution in [0.3, 0.4) is 0 Å². The summed E-state index contributed by atoms with van der Waals surface area (Å²) < 4.78 is 2.22. The van der Waals surface area contributed by atoms with Crippen LogP contribution < -0.4 is 9.80 Å². The molecule has 1 fully saturated rings. The first-order valence-corrected chi connectivity index (χ1v) is 11.6. The minimum absolute atomic E-state index is 0.0157. The smallest absolute Gasteiger partial charge is 0.260 e. The molecule has 3 aromatic heterocycles. The maximum absolute atomic E-state index is 13.3. The van der Waals surface area contributed by atoms with E-state index in [9.17, 15) is 4.79 Å². The second-order valence-electron chi connectivity index (χ2n) is 9.07. The van der Waals surface area contributed by atoms with Crippen LogP contribution in [-0.2, 0) is 13.0 Å². The number of fused-ring (bicyclic) bond motifs is 2. The first-order valence-electron chi connectivity index (χ1n) is 11.6.